The second kappa shape index (κ2) is 8.41. The maximum absolute atomic E-state index is 12.8. The van der Waals surface area contributed by atoms with Crippen molar-refractivity contribution in [2.45, 2.75) is 19.6 Å². The van der Waals surface area contributed by atoms with Gasteiger partial charge in [-0.05, 0) is 31.2 Å². The van der Waals surface area contributed by atoms with Crippen LogP contribution in [0.4, 0.5) is 13.2 Å². The molecule has 1 aliphatic rings. The van der Waals surface area contributed by atoms with Crippen molar-refractivity contribution in [3.63, 3.8) is 0 Å². The lowest BCUT2D eigenvalue weighted by Crippen LogP contribution is -2.34. The summed E-state index contributed by atoms with van der Waals surface area (Å²) in [7, 11) is 0. The summed E-state index contributed by atoms with van der Waals surface area (Å²) in [5.41, 5.74) is -0.0238. The van der Waals surface area contributed by atoms with Crippen molar-refractivity contribution < 1.29 is 32.2 Å². The first-order valence-electron chi connectivity index (χ1n) is 8.84. The van der Waals surface area contributed by atoms with Crippen LogP contribution in [0, 0.1) is 0 Å². The Morgan fingerprint density at radius 1 is 1.14 bits per heavy atom. The Kier molecular flexibility index (Phi) is 5.96. The number of nitrogens with zero attached hydrogens (tertiary/aromatic N) is 1. The minimum atomic E-state index is -4.46. The molecule has 2 aromatic carbocycles. The van der Waals surface area contributed by atoms with Gasteiger partial charge in [-0.15, -0.1) is 0 Å². The first kappa shape index (κ1) is 19.9. The number of para-hydroxylation sites is 1. The third kappa shape index (κ3) is 4.68. The zero-order chi connectivity index (χ0) is 20.1. The van der Waals surface area contributed by atoms with Crippen LogP contribution in [-0.2, 0) is 17.5 Å². The van der Waals surface area contributed by atoms with Crippen molar-refractivity contribution in [1.82, 2.24) is 4.90 Å². The number of rotatable bonds is 6. The molecule has 28 heavy (non-hydrogen) atoms. The fraction of sp³-hybridized carbons (Fsp3) is 0.350. The Hall–Kier alpha value is -2.90. The Morgan fingerprint density at radius 2 is 1.89 bits per heavy atom. The van der Waals surface area contributed by atoms with Gasteiger partial charge in [0.25, 0.3) is 5.91 Å². The van der Waals surface area contributed by atoms with E-state index in [1.165, 1.54) is 12.1 Å². The van der Waals surface area contributed by atoms with Crippen molar-refractivity contribution in [2.75, 3.05) is 26.4 Å². The number of amides is 1. The molecular weight excluding hydrogens is 375 g/mol. The van der Waals surface area contributed by atoms with Crippen LogP contribution in [0.25, 0.3) is 0 Å². The Bertz CT molecular complexity index is 838. The lowest BCUT2D eigenvalue weighted by Gasteiger charge is -2.25. The van der Waals surface area contributed by atoms with Crippen LogP contribution in [0.1, 0.15) is 18.1 Å². The van der Waals surface area contributed by atoms with Crippen molar-refractivity contribution in [3.05, 3.63) is 53.6 Å². The van der Waals surface area contributed by atoms with Crippen molar-refractivity contribution >= 4 is 5.91 Å². The van der Waals surface area contributed by atoms with Crippen LogP contribution >= 0.6 is 0 Å². The molecule has 3 rings (SSSR count). The summed E-state index contributed by atoms with van der Waals surface area (Å²) in [6, 6.07) is 9.92. The van der Waals surface area contributed by atoms with Gasteiger partial charge < -0.3 is 19.1 Å². The van der Waals surface area contributed by atoms with Crippen LogP contribution in [0.2, 0.25) is 0 Å². The van der Waals surface area contributed by atoms with Crippen LogP contribution in [0.3, 0.4) is 0 Å². The molecule has 0 unspecified atom stereocenters. The van der Waals surface area contributed by atoms with Gasteiger partial charge >= 0.3 is 6.18 Å². The molecule has 0 atom stereocenters. The Balaban J connectivity index is 1.65. The Labute approximate surface area is 160 Å². The molecule has 8 heteroatoms. The van der Waals surface area contributed by atoms with E-state index in [9.17, 15) is 18.0 Å². The van der Waals surface area contributed by atoms with Gasteiger partial charge in [-0.1, -0.05) is 18.2 Å². The standard InChI is InChI=1S/C20H20F3NO4/c1-2-24(12-14-5-3-8-17-19(14)27-10-9-26-17)18(25)13-28-16-7-4-6-15(11-16)20(21,22)23/h3-8,11H,2,9-10,12-13H2,1H3. The van der Waals surface area contributed by atoms with E-state index in [1.54, 1.807) is 11.0 Å². The largest absolute Gasteiger partial charge is 0.486 e. The molecular formula is C20H20F3NO4. The molecule has 0 aromatic heterocycles. The molecule has 0 aliphatic carbocycles. The summed E-state index contributed by atoms with van der Waals surface area (Å²) in [5.74, 6) is 0.897. The molecule has 2 aromatic rings. The van der Waals surface area contributed by atoms with Crippen molar-refractivity contribution in [2.24, 2.45) is 0 Å². The molecule has 0 saturated heterocycles. The number of ether oxygens (including phenoxy) is 3. The summed E-state index contributed by atoms with van der Waals surface area (Å²) < 4.78 is 54.8. The molecule has 1 amide bonds. The number of hydrogen-bond donors (Lipinski definition) is 0. The van der Waals surface area contributed by atoms with E-state index in [2.05, 4.69) is 0 Å². The molecule has 0 N–H and O–H groups in total. The van der Waals surface area contributed by atoms with E-state index in [-0.39, 0.29) is 24.8 Å². The number of fused-ring (bicyclic) bond motifs is 1. The normalized spacial score (nSPS) is 13.1. The summed E-state index contributed by atoms with van der Waals surface area (Å²) in [6.45, 7) is 3.06. The van der Waals surface area contributed by atoms with Crippen LogP contribution < -0.4 is 14.2 Å². The molecule has 0 fully saturated rings. The lowest BCUT2D eigenvalue weighted by atomic mass is 10.1. The van der Waals surface area contributed by atoms with Gasteiger partial charge in [-0.25, -0.2) is 0 Å². The molecule has 0 bridgehead atoms. The zero-order valence-electron chi connectivity index (χ0n) is 15.3. The highest BCUT2D eigenvalue weighted by atomic mass is 19.4. The highest BCUT2D eigenvalue weighted by molar-refractivity contribution is 5.78. The van der Waals surface area contributed by atoms with Gasteiger partial charge in [0.05, 0.1) is 5.56 Å². The average molecular weight is 395 g/mol. The zero-order valence-corrected chi connectivity index (χ0v) is 15.3. The van der Waals surface area contributed by atoms with Crippen LogP contribution in [-0.4, -0.2) is 37.2 Å². The van der Waals surface area contributed by atoms with Gasteiger partial charge in [0.1, 0.15) is 19.0 Å². The molecule has 1 heterocycles. The number of likely N-dealkylation sites (N-methyl/N-ethyl adjacent to an activating group) is 1. The fourth-order valence-corrected chi connectivity index (χ4v) is 2.84. The number of halogens is 3. The average Bonchev–Trinajstić information content (AvgIpc) is 2.70. The number of hydrogen-bond acceptors (Lipinski definition) is 4. The number of carbonyl (C=O) groups is 1. The smallest absolute Gasteiger partial charge is 0.416 e. The third-order valence-electron chi connectivity index (χ3n) is 4.27. The van der Waals surface area contributed by atoms with Crippen LogP contribution in [0.15, 0.2) is 42.5 Å². The summed E-state index contributed by atoms with van der Waals surface area (Å²) >= 11 is 0. The first-order chi connectivity index (χ1) is 13.4. The molecule has 150 valence electrons. The van der Waals surface area contributed by atoms with E-state index in [4.69, 9.17) is 14.2 Å². The van der Waals surface area contributed by atoms with E-state index < -0.39 is 11.7 Å². The summed E-state index contributed by atoms with van der Waals surface area (Å²) in [4.78, 5) is 14.1. The predicted molar refractivity (Wildman–Crippen MR) is 95.5 cm³/mol. The number of alkyl halides is 3. The molecule has 0 radical (unpaired) electrons. The van der Waals surface area contributed by atoms with E-state index in [1.807, 2.05) is 19.1 Å². The quantitative estimate of drug-likeness (QED) is 0.744. The second-order valence-corrected chi connectivity index (χ2v) is 6.16. The minimum Gasteiger partial charge on any atom is -0.486 e. The minimum absolute atomic E-state index is 0.00643. The summed E-state index contributed by atoms with van der Waals surface area (Å²) in [6.07, 6.45) is -4.46. The third-order valence-corrected chi connectivity index (χ3v) is 4.27. The molecule has 0 spiro atoms. The molecule has 1 aliphatic heterocycles. The predicted octanol–water partition coefficient (Wildman–Crippen LogP) is 3.90. The summed E-state index contributed by atoms with van der Waals surface area (Å²) in [5, 5.41) is 0. The van der Waals surface area contributed by atoms with Crippen LogP contribution in [0.5, 0.6) is 17.2 Å². The van der Waals surface area contributed by atoms with Crippen molar-refractivity contribution in [3.8, 4) is 17.2 Å². The Morgan fingerprint density at radius 3 is 2.64 bits per heavy atom. The maximum Gasteiger partial charge on any atom is 0.416 e. The second-order valence-electron chi connectivity index (χ2n) is 6.16. The topological polar surface area (TPSA) is 48.0 Å². The van der Waals surface area contributed by atoms with E-state index in [0.29, 0.717) is 31.3 Å². The van der Waals surface area contributed by atoms with Gasteiger partial charge in [0.2, 0.25) is 0 Å². The molecule has 0 saturated carbocycles. The highest BCUT2D eigenvalue weighted by Gasteiger charge is 2.30. The van der Waals surface area contributed by atoms with Crippen molar-refractivity contribution in [1.29, 1.82) is 0 Å². The lowest BCUT2D eigenvalue weighted by molar-refractivity contribution is -0.137. The number of carbonyl (C=O) groups excluding carboxylic acids is 1. The SMILES string of the molecule is CCN(Cc1cccc2c1OCCO2)C(=O)COc1cccc(C(F)(F)F)c1. The first-order valence-corrected chi connectivity index (χ1v) is 8.84. The maximum atomic E-state index is 12.8. The number of benzene rings is 2. The van der Waals surface area contributed by atoms with Gasteiger partial charge in [-0.2, -0.15) is 13.2 Å². The van der Waals surface area contributed by atoms with Gasteiger partial charge in [0.15, 0.2) is 18.1 Å². The molecule has 5 nitrogen and oxygen atoms in total. The highest BCUT2D eigenvalue weighted by Crippen LogP contribution is 2.34. The van der Waals surface area contributed by atoms with E-state index >= 15 is 0 Å². The monoisotopic (exact) mass is 395 g/mol. The van der Waals surface area contributed by atoms with Gasteiger partial charge in [-0.3, -0.25) is 4.79 Å². The van der Waals surface area contributed by atoms with E-state index in [0.717, 1.165) is 17.7 Å². The fourth-order valence-electron chi connectivity index (χ4n) is 2.84. The van der Waals surface area contributed by atoms with Gasteiger partial charge in [0, 0.05) is 18.7 Å².